The summed E-state index contributed by atoms with van der Waals surface area (Å²) in [5.74, 6) is 0.902. The zero-order valence-corrected chi connectivity index (χ0v) is 18.2. The lowest BCUT2D eigenvalue weighted by molar-refractivity contribution is 0.0729. The summed E-state index contributed by atoms with van der Waals surface area (Å²) in [5, 5.41) is 5.18. The van der Waals surface area contributed by atoms with Crippen molar-refractivity contribution < 1.29 is 14.3 Å². The van der Waals surface area contributed by atoms with Gasteiger partial charge in [-0.1, -0.05) is 6.07 Å². The van der Waals surface area contributed by atoms with Gasteiger partial charge in [-0.05, 0) is 29.8 Å². The van der Waals surface area contributed by atoms with E-state index in [-0.39, 0.29) is 5.91 Å². The maximum Gasteiger partial charge on any atom is 0.258 e. The van der Waals surface area contributed by atoms with Gasteiger partial charge in [0.05, 0.1) is 26.0 Å². The highest BCUT2D eigenvalue weighted by molar-refractivity contribution is 5.98. The Morgan fingerprint density at radius 1 is 1.09 bits per heavy atom. The molecule has 162 valence electrons. The van der Waals surface area contributed by atoms with Crippen LogP contribution in [0.15, 0.2) is 48.9 Å². The minimum absolute atomic E-state index is 0.0891. The van der Waals surface area contributed by atoms with Gasteiger partial charge in [0.15, 0.2) is 17.1 Å². The van der Waals surface area contributed by atoms with Crippen LogP contribution in [0.3, 0.4) is 0 Å². The third kappa shape index (κ3) is 3.43. The van der Waals surface area contributed by atoms with Gasteiger partial charge >= 0.3 is 0 Å². The first-order chi connectivity index (χ1) is 15.6. The number of ether oxygens (including phenoxy) is 2. The van der Waals surface area contributed by atoms with Crippen LogP contribution in [0.5, 0.6) is 11.5 Å². The zero-order valence-electron chi connectivity index (χ0n) is 18.2. The molecule has 0 bridgehead atoms. The molecule has 1 aliphatic heterocycles. The number of carbonyl (C=O) groups is 1. The van der Waals surface area contributed by atoms with Crippen molar-refractivity contribution in [3.63, 3.8) is 0 Å². The molecule has 0 N–H and O–H groups in total. The predicted octanol–water partition coefficient (Wildman–Crippen LogP) is 3.25. The number of rotatable bonds is 4. The first kappa shape index (κ1) is 20.0. The van der Waals surface area contributed by atoms with Crippen molar-refractivity contribution in [1.29, 1.82) is 0 Å². The van der Waals surface area contributed by atoms with Crippen LogP contribution >= 0.6 is 0 Å². The van der Waals surface area contributed by atoms with Gasteiger partial charge < -0.3 is 14.4 Å². The van der Waals surface area contributed by atoms with E-state index in [1.807, 2.05) is 30.5 Å². The highest BCUT2D eigenvalue weighted by Crippen LogP contribution is 2.33. The first-order valence-electron chi connectivity index (χ1n) is 10.3. The molecule has 4 heterocycles. The molecule has 0 saturated carbocycles. The Hall–Kier alpha value is -3.94. The summed E-state index contributed by atoms with van der Waals surface area (Å²) >= 11 is 0. The van der Waals surface area contributed by atoms with E-state index in [0.717, 1.165) is 27.8 Å². The fourth-order valence-corrected chi connectivity index (χ4v) is 4.15. The first-order valence-corrected chi connectivity index (χ1v) is 10.3. The van der Waals surface area contributed by atoms with E-state index in [1.165, 1.54) is 0 Å². The summed E-state index contributed by atoms with van der Waals surface area (Å²) in [4.78, 5) is 24.5. The minimum Gasteiger partial charge on any atom is -0.493 e. The highest BCUT2D eigenvalue weighted by atomic mass is 16.5. The molecule has 0 fully saturated rings. The largest absolute Gasteiger partial charge is 0.493 e. The number of benzene rings is 1. The number of hydrogen-bond donors (Lipinski definition) is 0. The van der Waals surface area contributed by atoms with Gasteiger partial charge in [0.25, 0.3) is 5.91 Å². The van der Waals surface area contributed by atoms with Crippen molar-refractivity contribution in [2.75, 3.05) is 20.8 Å². The zero-order chi connectivity index (χ0) is 22.2. The van der Waals surface area contributed by atoms with Gasteiger partial charge in [0, 0.05) is 61.2 Å². The lowest BCUT2D eigenvalue weighted by Gasteiger charge is -2.29. The minimum atomic E-state index is -0.0891. The van der Waals surface area contributed by atoms with E-state index in [4.69, 9.17) is 14.5 Å². The van der Waals surface area contributed by atoms with Gasteiger partial charge in [-0.3, -0.25) is 9.48 Å². The quantitative estimate of drug-likeness (QED) is 0.495. The van der Waals surface area contributed by atoms with Gasteiger partial charge in [-0.15, -0.1) is 0 Å². The predicted molar refractivity (Wildman–Crippen MR) is 120 cm³/mol. The third-order valence-corrected chi connectivity index (χ3v) is 5.77. The summed E-state index contributed by atoms with van der Waals surface area (Å²) in [5.41, 5.74) is 5.21. The van der Waals surface area contributed by atoms with E-state index in [9.17, 15) is 4.79 Å². The molecule has 0 spiro atoms. The smallest absolute Gasteiger partial charge is 0.258 e. The Labute approximate surface area is 185 Å². The number of para-hydroxylation sites is 1. The second kappa shape index (κ2) is 7.96. The van der Waals surface area contributed by atoms with Gasteiger partial charge in [-0.2, -0.15) is 5.10 Å². The monoisotopic (exact) mass is 429 g/mol. The number of carbonyl (C=O) groups excluding carboxylic acids is 1. The molecule has 8 heteroatoms. The Bertz CT molecular complexity index is 1330. The summed E-state index contributed by atoms with van der Waals surface area (Å²) in [6.45, 7) is 1.06. The topological polar surface area (TPSA) is 82.4 Å². The number of fused-ring (bicyclic) bond motifs is 2. The standard InChI is InChI=1S/C24H23N5O3/c1-28-13-18(12-26-28)16-9-15-10-17-14-29(8-7-20(17)27-23(15)25-11-16)24(30)19-5-4-6-21(31-2)22(19)32-3/h4-6,9-13H,7-8,14H2,1-3H3. The molecule has 0 unspecified atom stereocenters. The molecule has 1 aliphatic rings. The van der Waals surface area contributed by atoms with Crippen molar-refractivity contribution in [2.24, 2.45) is 7.05 Å². The highest BCUT2D eigenvalue weighted by Gasteiger charge is 2.26. The molecule has 8 nitrogen and oxygen atoms in total. The van der Waals surface area contributed by atoms with E-state index < -0.39 is 0 Å². The van der Waals surface area contributed by atoms with E-state index in [0.29, 0.717) is 42.2 Å². The van der Waals surface area contributed by atoms with Crippen LogP contribution in [-0.2, 0) is 20.0 Å². The van der Waals surface area contributed by atoms with Crippen LogP contribution in [0.2, 0.25) is 0 Å². The number of hydrogen-bond acceptors (Lipinski definition) is 6. The van der Waals surface area contributed by atoms with Crippen molar-refractivity contribution >= 4 is 16.9 Å². The Balaban J connectivity index is 1.47. The number of pyridine rings is 2. The number of nitrogens with zero attached hydrogens (tertiary/aromatic N) is 5. The maximum atomic E-state index is 13.3. The molecule has 0 aliphatic carbocycles. The number of methoxy groups -OCH3 is 2. The van der Waals surface area contributed by atoms with Crippen LogP contribution in [-0.4, -0.2) is 51.3 Å². The van der Waals surface area contributed by atoms with Crippen LogP contribution in [0.25, 0.3) is 22.2 Å². The van der Waals surface area contributed by atoms with Gasteiger partial charge in [0.2, 0.25) is 0 Å². The van der Waals surface area contributed by atoms with Crippen molar-refractivity contribution in [2.45, 2.75) is 13.0 Å². The number of aryl methyl sites for hydroxylation is 1. The second-order valence-electron chi connectivity index (χ2n) is 7.79. The molecule has 32 heavy (non-hydrogen) atoms. The number of aromatic nitrogens is 4. The average Bonchev–Trinajstić information content (AvgIpc) is 3.27. The lowest BCUT2D eigenvalue weighted by atomic mass is 10.0. The molecule has 0 radical (unpaired) electrons. The molecular weight excluding hydrogens is 406 g/mol. The van der Waals surface area contributed by atoms with Crippen LogP contribution in [0.4, 0.5) is 0 Å². The summed E-state index contributed by atoms with van der Waals surface area (Å²) in [7, 11) is 5.00. The maximum absolute atomic E-state index is 13.3. The lowest BCUT2D eigenvalue weighted by Crippen LogP contribution is -2.36. The Kier molecular flexibility index (Phi) is 4.97. The molecule has 0 saturated heterocycles. The summed E-state index contributed by atoms with van der Waals surface area (Å²) in [6.07, 6.45) is 6.27. The fourth-order valence-electron chi connectivity index (χ4n) is 4.15. The van der Waals surface area contributed by atoms with E-state index in [2.05, 4.69) is 22.2 Å². The van der Waals surface area contributed by atoms with E-state index >= 15 is 0 Å². The van der Waals surface area contributed by atoms with Crippen molar-refractivity contribution in [3.05, 3.63) is 65.7 Å². The Morgan fingerprint density at radius 3 is 2.72 bits per heavy atom. The Morgan fingerprint density at radius 2 is 1.97 bits per heavy atom. The molecule has 4 aromatic rings. The van der Waals surface area contributed by atoms with Crippen LogP contribution in [0, 0.1) is 0 Å². The normalized spacial score (nSPS) is 13.2. The summed E-state index contributed by atoms with van der Waals surface area (Å²) < 4.78 is 12.6. The molecular formula is C24H23N5O3. The SMILES string of the molecule is COc1cccc(C(=O)N2CCc3nc4ncc(-c5cnn(C)c5)cc4cc3C2)c1OC. The number of amides is 1. The van der Waals surface area contributed by atoms with Crippen LogP contribution < -0.4 is 9.47 Å². The molecule has 3 aromatic heterocycles. The second-order valence-corrected chi connectivity index (χ2v) is 7.79. The van der Waals surface area contributed by atoms with Gasteiger partial charge in [-0.25, -0.2) is 9.97 Å². The fraction of sp³-hybridized carbons (Fsp3) is 0.250. The molecule has 1 aromatic carbocycles. The van der Waals surface area contributed by atoms with Crippen LogP contribution in [0.1, 0.15) is 21.6 Å². The van der Waals surface area contributed by atoms with Gasteiger partial charge in [0.1, 0.15) is 0 Å². The molecule has 0 atom stereocenters. The average molecular weight is 429 g/mol. The third-order valence-electron chi connectivity index (χ3n) is 5.77. The van der Waals surface area contributed by atoms with E-state index in [1.54, 1.807) is 37.1 Å². The van der Waals surface area contributed by atoms with Crippen molar-refractivity contribution in [3.8, 4) is 22.6 Å². The summed E-state index contributed by atoms with van der Waals surface area (Å²) in [6, 6.07) is 9.50. The molecule has 5 rings (SSSR count). The van der Waals surface area contributed by atoms with Crippen molar-refractivity contribution in [1.82, 2.24) is 24.6 Å². The molecule has 1 amide bonds.